The number of nitrogens with one attached hydrogen (secondary N) is 1. The van der Waals surface area contributed by atoms with Crippen molar-refractivity contribution in [3.05, 3.63) is 0 Å². The summed E-state index contributed by atoms with van der Waals surface area (Å²) in [4.78, 5) is 20.4. The van der Waals surface area contributed by atoms with E-state index in [1.165, 1.54) is 19.4 Å². The third-order valence-electron chi connectivity index (χ3n) is 3.67. The summed E-state index contributed by atoms with van der Waals surface area (Å²) < 4.78 is 0. The molecule has 1 saturated carbocycles. The quantitative estimate of drug-likeness (QED) is 0.466. The summed E-state index contributed by atoms with van der Waals surface area (Å²) in [5.41, 5.74) is 3.70. The van der Waals surface area contributed by atoms with E-state index in [1.807, 2.05) is 0 Å². The van der Waals surface area contributed by atoms with E-state index < -0.39 is 17.4 Å². The first kappa shape index (κ1) is 18.5. The number of carboxylic acids is 2. The molecular weight excluding hydrogens is 431 g/mol. The predicted octanol–water partition coefficient (Wildman–Crippen LogP) is -2.26. The van der Waals surface area contributed by atoms with Crippen LogP contribution in [0.2, 0.25) is 0 Å². The van der Waals surface area contributed by atoms with E-state index in [9.17, 15) is 19.8 Å². The molecule has 0 aromatic rings. The van der Waals surface area contributed by atoms with Gasteiger partial charge in [0.05, 0.1) is 11.9 Å². The Bertz CT molecular complexity index is 286. The molecule has 0 radical (unpaired) electrons. The molecule has 19 heavy (non-hydrogen) atoms. The molecular formula is C12H20N2O4Pt. The summed E-state index contributed by atoms with van der Waals surface area (Å²) in [7, 11) is 0. The van der Waals surface area contributed by atoms with Crippen molar-refractivity contribution in [1.82, 2.24) is 5.32 Å². The number of carboxylic acid groups (broad SMARTS) is 2. The number of hydrogen-bond donors (Lipinski definition) is 2. The number of aliphatic carboxylic acids is 2. The second kappa shape index (κ2) is 8.67. The molecule has 0 spiro atoms. The Balaban J connectivity index is 0.000000331. The van der Waals surface area contributed by atoms with Gasteiger partial charge in [-0.3, -0.25) is 0 Å². The average Bonchev–Trinajstić information content (AvgIpc) is 2.68. The van der Waals surface area contributed by atoms with Gasteiger partial charge < -0.3 is 30.9 Å². The Morgan fingerprint density at radius 2 is 1.79 bits per heavy atom. The molecule has 0 amide bonds. The summed E-state index contributed by atoms with van der Waals surface area (Å²) in [6.07, 6.45) is 4.75. The molecule has 6 nitrogen and oxygen atoms in total. The normalized spacial score (nSPS) is 23.3. The van der Waals surface area contributed by atoms with Crippen LogP contribution in [0, 0.1) is 5.41 Å². The Labute approximate surface area is 127 Å². The van der Waals surface area contributed by atoms with Crippen LogP contribution in [-0.2, 0) is 30.7 Å². The van der Waals surface area contributed by atoms with E-state index in [0.29, 0.717) is 6.42 Å². The molecule has 2 rings (SSSR count). The molecule has 112 valence electrons. The fraction of sp³-hybridized carbons (Fsp3) is 0.833. The molecule has 1 aliphatic heterocycles. The molecule has 0 aromatic carbocycles. The Kier molecular flexibility index (Phi) is 8.46. The van der Waals surface area contributed by atoms with Crippen molar-refractivity contribution in [2.45, 2.75) is 44.6 Å². The van der Waals surface area contributed by atoms with Gasteiger partial charge in [-0.2, -0.15) is 0 Å². The second-order valence-corrected chi connectivity index (χ2v) is 4.88. The molecule has 0 bridgehead atoms. The van der Waals surface area contributed by atoms with Gasteiger partial charge in [0.25, 0.3) is 0 Å². The predicted molar refractivity (Wildman–Crippen MR) is 61.0 cm³/mol. The zero-order valence-corrected chi connectivity index (χ0v) is 13.0. The first-order valence-corrected chi connectivity index (χ1v) is 6.39. The maximum absolute atomic E-state index is 10.2. The van der Waals surface area contributed by atoms with Crippen LogP contribution in [0.1, 0.15) is 38.5 Å². The van der Waals surface area contributed by atoms with E-state index in [0.717, 1.165) is 19.0 Å². The van der Waals surface area contributed by atoms with E-state index in [-0.39, 0.29) is 33.9 Å². The van der Waals surface area contributed by atoms with Crippen molar-refractivity contribution in [2.75, 3.05) is 13.1 Å². The SMILES string of the molecule is NCC[C@H]1CCCN1.O=C([O-])C1(C(=O)[O-])CCC1.[Pt+2]. The van der Waals surface area contributed by atoms with Crippen molar-refractivity contribution in [3.8, 4) is 0 Å². The van der Waals surface area contributed by atoms with Crippen LogP contribution in [0.5, 0.6) is 0 Å². The molecule has 1 atom stereocenters. The molecule has 3 N–H and O–H groups in total. The van der Waals surface area contributed by atoms with Crippen molar-refractivity contribution in [2.24, 2.45) is 11.1 Å². The van der Waals surface area contributed by atoms with Crippen LogP contribution in [0.3, 0.4) is 0 Å². The van der Waals surface area contributed by atoms with Gasteiger partial charge >= 0.3 is 21.1 Å². The Hall–Kier alpha value is -0.452. The fourth-order valence-electron chi connectivity index (χ4n) is 2.23. The minimum atomic E-state index is -1.67. The maximum Gasteiger partial charge on any atom is 2.00 e. The number of hydrogen-bond acceptors (Lipinski definition) is 6. The molecule has 2 aliphatic rings. The van der Waals surface area contributed by atoms with Crippen molar-refractivity contribution in [3.63, 3.8) is 0 Å². The number of carbonyl (C=O) groups excluding carboxylic acids is 2. The van der Waals surface area contributed by atoms with Gasteiger partial charge in [-0.15, -0.1) is 0 Å². The van der Waals surface area contributed by atoms with Crippen molar-refractivity contribution in [1.29, 1.82) is 0 Å². The van der Waals surface area contributed by atoms with Crippen LogP contribution in [-0.4, -0.2) is 31.1 Å². The third-order valence-corrected chi connectivity index (χ3v) is 3.67. The van der Waals surface area contributed by atoms with Gasteiger partial charge in [0, 0.05) is 11.5 Å². The zero-order valence-electron chi connectivity index (χ0n) is 10.8. The van der Waals surface area contributed by atoms with E-state index >= 15 is 0 Å². The number of carbonyl (C=O) groups is 2. The van der Waals surface area contributed by atoms with E-state index in [4.69, 9.17) is 5.73 Å². The van der Waals surface area contributed by atoms with Crippen LogP contribution >= 0.6 is 0 Å². The Morgan fingerprint density at radius 1 is 1.21 bits per heavy atom. The summed E-state index contributed by atoms with van der Waals surface area (Å²) >= 11 is 0. The number of nitrogens with two attached hydrogens (primary N) is 1. The smallest absolute Gasteiger partial charge is 0.549 e. The monoisotopic (exact) mass is 451 g/mol. The van der Waals surface area contributed by atoms with Crippen LogP contribution in [0.25, 0.3) is 0 Å². The van der Waals surface area contributed by atoms with Gasteiger partial charge in [0.2, 0.25) is 0 Å². The summed E-state index contributed by atoms with van der Waals surface area (Å²) in [5.74, 6) is -3.03. The first-order valence-electron chi connectivity index (χ1n) is 6.39. The second-order valence-electron chi connectivity index (χ2n) is 4.88. The summed E-state index contributed by atoms with van der Waals surface area (Å²) in [5, 5.41) is 23.8. The molecule has 1 heterocycles. The van der Waals surface area contributed by atoms with Gasteiger partial charge in [0.15, 0.2) is 0 Å². The van der Waals surface area contributed by atoms with E-state index in [2.05, 4.69) is 5.32 Å². The van der Waals surface area contributed by atoms with Gasteiger partial charge in [0.1, 0.15) is 0 Å². The molecule has 0 aromatic heterocycles. The van der Waals surface area contributed by atoms with Crippen LogP contribution in [0.4, 0.5) is 0 Å². The molecule has 7 heteroatoms. The third kappa shape index (κ3) is 4.86. The van der Waals surface area contributed by atoms with Crippen LogP contribution in [0.15, 0.2) is 0 Å². The zero-order chi connectivity index (χ0) is 13.6. The van der Waals surface area contributed by atoms with Gasteiger partial charge in [-0.1, -0.05) is 6.42 Å². The summed E-state index contributed by atoms with van der Waals surface area (Å²) in [6.45, 7) is 2.03. The average molecular weight is 451 g/mol. The van der Waals surface area contributed by atoms with Crippen molar-refractivity contribution < 1.29 is 40.9 Å². The molecule has 1 saturated heterocycles. The molecule has 0 unspecified atom stereocenters. The van der Waals surface area contributed by atoms with Crippen LogP contribution < -0.4 is 21.3 Å². The van der Waals surface area contributed by atoms with Gasteiger partial charge in [-0.05, 0) is 45.2 Å². The summed E-state index contributed by atoms with van der Waals surface area (Å²) in [6, 6.07) is 0.736. The standard InChI is InChI=1S/C6H14N2.C6H8O4.Pt/c7-4-3-6-2-1-5-8-6;7-4(8)6(5(9)10)2-1-3-6;/h6,8H,1-5,7H2;1-3H2,(H,7,8)(H,9,10);/q;;+2/p-2/t6-;;/m1../s1. The van der Waals surface area contributed by atoms with E-state index in [1.54, 1.807) is 0 Å². The maximum atomic E-state index is 10.2. The largest absolute Gasteiger partial charge is 2.00 e. The fourth-order valence-corrected chi connectivity index (χ4v) is 2.23. The van der Waals surface area contributed by atoms with Gasteiger partial charge in [-0.25, -0.2) is 0 Å². The topological polar surface area (TPSA) is 118 Å². The minimum Gasteiger partial charge on any atom is -0.549 e. The van der Waals surface area contributed by atoms with Crippen molar-refractivity contribution >= 4 is 11.9 Å². The molecule has 2 fully saturated rings. The number of rotatable bonds is 4. The Morgan fingerprint density at radius 3 is 2.00 bits per heavy atom. The minimum absolute atomic E-state index is 0. The molecule has 1 aliphatic carbocycles. The first-order chi connectivity index (χ1) is 8.53.